The smallest absolute Gasteiger partial charge is 0.230 e. The average molecular weight is 458 g/mol. The lowest BCUT2D eigenvalue weighted by Gasteiger charge is -2.18. The number of carbonyl (C=O) groups excluding carboxylic acids is 1. The Bertz CT molecular complexity index is 1110. The van der Waals surface area contributed by atoms with Gasteiger partial charge in [-0.25, -0.2) is 0 Å². The Balaban J connectivity index is 1.34. The first-order chi connectivity index (χ1) is 16.3. The van der Waals surface area contributed by atoms with E-state index in [2.05, 4.69) is 69.0 Å². The van der Waals surface area contributed by atoms with Crippen LogP contribution in [-0.4, -0.2) is 38.0 Å². The molecule has 4 aromatic rings. The lowest BCUT2D eigenvalue weighted by molar-refractivity contribution is -0.118. The second-order valence-corrected chi connectivity index (χ2v) is 8.53. The molecule has 0 saturated heterocycles. The number of benzene rings is 2. The van der Waals surface area contributed by atoms with Crippen LogP contribution in [0.25, 0.3) is 11.4 Å². The van der Waals surface area contributed by atoms with E-state index >= 15 is 0 Å². The molecule has 0 aliphatic carbocycles. The number of pyridine rings is 1. The third-order valence-electron chi connectivity index (χ3n) is 5.46. The number of thioether (sulfide) groups is 1. The fourth-order valence-electron chi connectivity index (χ4n) is 3.83. The van der Waals surface area contributed by atoms with Gasteiger partial charge in [0.2, 0.25) is 5.91 Å². The molecule has 0 aliphatic heterocycles. The van der Waals surface area contributed by atoms with Crippen molar-refractivity contribution in [3.63, 3.8) is 0 Å². The molecule has 4 rings (SSSR count). The van der Waals surface area contributed by atoms with E-state index in [1.165, 1.54) is 22.9 Å². The van der Waals surface area contributed by atoms with E-state index in [4.69, 9.17) is 0 Å². The average Bonchev–Trinajstić information content (AvgIpc) is 3.30. The second kappa shape index (κ2) is 11.4. The van der Waals surface area contributed by atoms with Gasteiger partial charge in [0.05, 0.1) is 5.75 Å². The minimum Gasteiger partial charge on any atom is -0.355 e. The van der Waals surface area contributed by atoms with Crippen LogP contribution in [-0.2, 0) is 11.3 Å². The summed E-state index contributed by atoms with van der Waals surface area (Å²) in [6.07, 6.45) is 4.31. The van der Waals surface area contributed by atoms with Gasteiger partial charge >= 0.3 is 0 Å². The molecule has 0 atom stereocenters. The molecule has 0 radical (unpaired) electrons. The zero-order valence-corrected chi connectivity index (χ0v) is 19.4. The zero-order chi connectivity index (χ0) is 22.9. The number of amides is 1. The van der Waals surface area contributed by atoms with Crippen molar-refractivity contribution in [1.82, 2.24) is 25.1 Å². The number of carbonyl (C=O) groups is 1. The monoisotopic (exact) mass is 457 g/mol. The molecule has 33 heavy (non-hydrogen) atoms. The van der Waals surface area contributed by atoms with Crippen LogP contribution >= 0.6 is 11.8 Å². The van der Waals surface area contributed by atoms with Crippen molar-refractivity contribution in [3.8, 4) is 11.4 Å². The summed E-state index contributed by atoms with van der Waals surface area (Å²) in [6, 6.07) is 24.7. The number of nitrogens with zero attached hydrogens (tertiary/aromatic N) is 4. The van der Waals surface area contributed by atoms with Crippen molar-refractivity contribution in [1.29, 1.82) is 0 Å². The standard InChI is InChI=1S/C26H27N5OS/c1-2-31-25(22-13-16-27-17-14-22)29-30-26(31)33-19-24(32)28-18-15-23(20-9-5-3-6-10-20)21-11-7-4-8-12-21/h3-14,16-17,23H,2,15,18-19H2,1H3,(H,28,32). The molecular formula is C26H27N5OS. The van der Waals surface area contributed by atoms with E-state index in [1.807, 2.05) is 35.8 Å². The van der Waals surface area contributed by atoms with Gasteiger partial charge in [0.15, 0.2) is 11.0 Å². The van der Waals surface area contributed by atoms with E-state index in [-0.39, 0.29) is 11.8 Å². The maximum Gasteiger partial charge on any atom is 0.230 e. The summed E-state index contributed by atoms with van der Waals surface area (Å²) in [5, 5.41) is 12.4. The van der Waals surface area contributed by atoms with Crippen LogP contribution in [0.2, 0.25) is 0 Å². The highest BCUT2D eigenvalue weighted by atomic mass is 32.2. The molecule has 2 heterocycles. The number of nitrogens with one attached hydrogen (secondary N) is 1. The minimum absolute atomic E-state index is 0.00372. The largest absolute Gasteiger partial charge is 0.355 e. The molecule has 2 aromatic carbocycles. The third-order valence-corrected chi connectivity index (χ3v) is 6.43. The Morgan fingerprint density at radius 3 is 2.18 bits per heavy atom. The summed E-state index contributed by atoms with van der Waals surface area (Å²) in [4.78, 5) is 16.6. The summed E-state index contributed by atoms with van der Waals surface area (Å²) in [7, 11) is 0. The number of hydrogen-bond acceptors (Lipinski definition) is 5. The molecular weight excluding hydrogens is 430 g/mol. The second-order valence-electron chi connectivity index (χ2n) is 7.59. The molecule has 0 aliphatic rings. The normalized spacial score (nSPS) is 11.0. The summed E-state index contributed by atoms with van der Waals surface area (Å²) in [5.74, 6) is 1.33. The quantitative estimate of drug-likeness (QED) is 0.347. The molecule has 0 unspecified atom stereocenters. The number of hydrogen-bond donors (Lipinski definition) is 1. The summed E-state index contributed by atoms with van der Waals surface area (Å²) in [6.45, 7) is 3.38. The highest BCUT2D eigenvalue weighted by Gasteiger charge is 2.16. The number of aromatic nitrogens is 4. The molecule has 2 aromatic heterocycles. The molecule has 6 nitrogen and oxygen atoms in total. The predicted molar refractivity (Wildman–Crippen MR) is 132 cm³/mol. The summed E-state index contributed by atoms with van der Waals surface area (Å²) in [5.41, 5.74) is 3.47. The molecule has 0 fully saturated rings. The fourth-order valence-corrected chi connectivity index (χ4v) is 4.66. The van der Waals surface area contributed by atoms with Gasteiger partial charge < -0.3 is 9.88 Å². The molecule has 168 valence electrons. The molecule has 0 bridgehead atoms. The van der Waals surface area contributed by atoms with Gasteiger partial charge in [-0.3, -0.25) is 9.78 Å². The van der Waals surface area contributed by atoms with Crippen molar-refractivity contribution < 1.29 is 4.79 Å². The van der Waals surface area contributed by atoms with Gasteiger partial charge in [0.25, 0.3) is 0 Å². The van der Waals surface area contributed by atoms with Gasteiger partial charge in [0, 0.05) is 37.0 Å². The van der Waals surface area contributed by atoms with Crippen molar-refractivity contribution in [2.24, 2.45) is 0 Å². The van der Waals surface area contributed by atoms with Crippen LogP contribution in [0.5, 0.6) is 0 Å². The molecule has 1 amide bonds. The highest BCUT2D eigenvalue weighted by molar-refractivity contribution is 7.99. The van der Waals surface area contributed by atoms with Crippen molar-refractivity contribution >= 4 is 17.7 Å². The molecule has 0 saturated carbocycles. The first kappa shape index (κ1) is 22.7. The molecule has 7 heteroatoms. The molecule has 0 spiro atoms. The maximum atomic E-state index is 12.5. The van der Waals surface area contributed by atoms with Crippen LogP contribution in [0.4, 0.5) is 0 Å². The van der Waals surface area contributed by atoms with E-state index in [0.717, 1.165) is 29.5 Å². The zero-order valence-electron chi connectivity index (χ0n) is 18.6. The van der Waals surface area contributed by atoms with E-state index in [1.54, 1.807) is 12.4 Å². The maximum absolute atomic E-state index is 12.5. The lowest BCUT2D eigenvalue weighted by atomic mass is 9.88. The van der Waals surface area contributed by atoms with E-state index < -0.39 is 0 Å². The Morgan fingerprint density at radius 1 is 0.939 bits per heavy atom. The Morgan fingerprint density at radius 2 is 1.58 bits per heavy atom. The van der Waals surface area contributed by atoms with Gasteiger partial charge in [-0.05, 0) is 36.6 Å². The van der Waals surface area contributed by atoms with Crippen molar-refractivity contribution in [2.45, 2.75) is 31.0 Å². The van der Waals surface area contributed by atoms with Crippen LogP contribution in [0, 0.1) is 0 Å². The SMILES string of the molecule is CCn1c(SCC(=O)NCCC(c2ccccc2)c2ccccc2)nnc1-c1ccncc1. The first-order valence-electron chi connectivity index (χ1n) is 11.1. The fraction of sp³-hybridized carbons (Fsp3) is 0.231. The van der Waals surface area contributed by atoms with Gasteiger partial charge in [0.1, 0.15) is 0 Å². The Hall–Kier alpha value is -3.45. The van der Waals surface area contributed by atoms with E-state index in [9.17, 15) is 4.79 Å². The van der Waals surface area contributed by atoms with Crippen LogP contribution in [0.15, 0.2) is 90.3 Å². The minimum atomic E-state index is -0.00372. The summed E-state index contributed by atoms with van der Waals surface area (Å²) >= 11 is 1.41. The van der Waals surface area contributed by atoms with Crippen molar-refractivity contribution in [3.05, 3.63) is 96.3 Å². The Kier molecular flexibility index (Phi) is 7.87. The van der Waals surface area contributed by atoms with Crippen LogP contribution < -0.4 is 5.32 Å². The van der Waals surface area contributed by atoms with Gasteiger partial charge in [-0.1, -0.05) is 72.4 Å². The highest BCUT2D eigenvalue weighted by Crippen LogP contribution is 2.27. The summed E-state index contributed by atoms with van der Waals surface area (Å²) < 4.78 is 2.02. The Labute approximate surface area is 198 Å². The van der Waals surface area contributed by atoms with Gasteiger partial charge in [-0.15, -0.1) is 10.2 Å². The van der Waals surface area contributed by atoms with Crippen molar-refractivity contribution in [2.75, 3.05) is 12.3 Å². The topological polar surface area (TPSA) is 72.7 Å². The predicted octanol–water partition coefficient (Wildman–Crippen LogP) is 4.79. The van der Waals surface area contributed by atoms with Gasteiger partial charge in [-0.2, -0.15) is 0 Å². The first-order valence-corrected chi connectivity index (χ1v) is 12.1. The van der Waals surface area contributed by atoms with Crippen LogP contribution in [0.3, 0.4) is 0 Å². The number of rotatable bonds is 10. The third kappa shape index (κ3) is 5.87. The van der Waals surface area contributed by atoms with Crippen LogP contribution in [0.1, 0.15) is 30.4 Å². The lowest BCUT2D eigenvalue weighted by Crippen LogP contribution is -2.27. The van der Waals surface area contributed by atoms with E-state index in [0.29, 0.717) is 12.3 Å². The molecule has 1 N–H and O–H groups in total.